The predicted octanol–water partition coefficient (Wildman–Crippen LogP) is 3.29. The first-order chi connectivity index (χ1) is 12.1. The molecule has 5 nitrogen and oxygen atoms in total. The molecule has 1 saturated heterocycles. The van der Waals surface area contributed by atoms with Crippen molar-refractivity contribution in [2.24, 2.45) is 0 Å². The molecule has 0 spiro atoms. The van der Waals surface area contributed by atoms with Crippen molar-refractivity contribution in [1.29, 1.82) is 0 Å². The molecule has 1 heterocycles. The Kier molecular flexibility index (Phi) is 6.28. The minimum atomic E-state index is -4.40. The Bertz CT molecular complexity index is 645. The normalized spacial score (nSPS) is 21.7. The van der Waals surface area contributed by atoms with Crippen LogP contribution in [-0.2, 0) is 20.5 Å². The van der Waals surface area contributed by atoms with Crippen LogP contribution in [0.3, 0.4) is 0 Å². The molecule has 0 aromatic heterocycles. The van der Waals surface area contributed by atoms with Gasteiger partial charge in [0.2, 0.25) is 5.91 Å². The van der Waals surface area contributed by atoms with Gasteiger partial charge in [-0.3, -0.25) is 9.59 Å². The standard InChI is InChI=1S/C18H22F3NO4/c1-11(12-3-5-13(6-4-12)18(19,20)21)7-16(23)22-10-15(26-2)8-14(22)9-17(24)25/h3-6,11,14-15H,7-10H2,1-2H3,(H,24,25). The first-order valence-electron chi connectivity index (χ1n) is 8.33. The highest BCUT2D eigenvalue weighted by atomic mass is 19.4. The van der Waals surface area contributed by atoms with Gasteiger partial charge < -0.3 is 14.7 Å². The third kappa shape index (κ3) is 4.97. The van der Waals surface area contributed by atoms with Crippen LogP contribution in [0.15, 0.2) is 24.3 Å². The quantitative estimate of drug-likeness (QED) is 0.831. The van der Waals surface area contributed by atoms with Crippen LogP contribution in [0.4, 0.5) is 13.2 Å². The number of hydrogen-bond donors (Lipinski definition) is 1. The number of rotatable bonds is 6. The van der Waals surface area contributed by atoms with Gasteiger partial charge in [-0.15, -0.1) is 0 Å². The van der Waals surface area contributed by atoms with Gasteiger partial charge in [-0.25, -0.2) is 0 Å². The van der Waals surface area contributed by atoms with Crippen LogP contribution < -0.4 is 0 Å². The second-order valence-electron chi connectivity index (χ2n) is 6.62. The van der Waals surface area contributed by atoms with Gasteiger partial charge in [-0.1, -0.05) is 19.1 Å². The highest BCUT2D eigenvalue weighted by Crippen LogP contribution is 2.31. The number of nitrogens with zero attached hydrogens (tertiary/aromatic N) is 1. The Balaban J connectivity index is 2.04. The number of benzene rings is 1. The number of carbonyl (C=O) groups is 2. The number of carboxylic acids is 1. The van der Waals surface area contributed by atoms with Crippen molar-refractivity contribution in [2.75, 3.05) is 13.7 Å². The molecule has 1 amide bonds. The van der Waals surface area contributed by atoms with E-state index in [-0.39, 0.29) is 30.8 Å². The van der Waals surface area contributed by atoms with Crippen LogP contribution in [0.5, 0.6) is 0 Å². The van der Waals surface area contributed by atoms with Crippen LogP contribution in [-0.4, -0.2) is 47.7 Å². The summed E-state index contributed by atoms with van der Waals surface area (Å²) in [4.78, 5) is 25.1. The maximum absolute atomic E-state index is 12.6. The lowest BCUT2D eigenvalue weighted by Gasteiger charge is -2.25. The number of ether oxygens (including phenoxy) is 1. The smallest absolute Gasteiger partial charge is 0.416 e. The second kappa shape index (κ2) is 8.07. The summed E-state index contributed by atoms with van der Waals surface area (Å²) in [6, 6.07) is 4.32. The molecule has 1 aliphatic rings. The van der Waals surface area contributed by atoms with Crippen LogP contribution in [0.2, 0.25) is 0 Å². The molecule has 26 heavy (non-hydrogen) atoms. The summed E-state index contributed by atoms with van der Waals surface area (Å²) in [5, 5.41) is 9.01. The molecule has 2 rings (SSSR count). The van der Waals surface area contributed by atoms with E-state index in [1.54, 1.807) is 6.92 Å². The molecular formula is C18H22F3NO4. The second-order valence-corrected chi connectivity index (χ2v) is 6.62. The first kappa shape index (κ1) is 20.2. The van der Waals surface area contributed by atoms with Crippen molar-refractivity contribution in [2.45, 2.75) is 50.4 Å². The van der Waals surface area contributed by atoms with Crippen molar-refractivity contribution in [1.82, 2.24) is 4.90 Å². The number of likely N-dealkylation sites (tertiary alicyclic amines) is 1. The summed E-state index contributed by atoms with van der Waals surface area (Å²) in [7, 11) is 1.52. The van der Waals surface area contributed by atoms with Gasteiger partial charge in [0, 0.05) is 26.1 Å². The molecule has 3 atom stereocenters. The molecule has 1 fully saturated rings. The van der Waals surface area contributed by atoms with Gasteiger partial charge >= 0.3 is 12.1 Å². The van der Waals surface area contributed by atoms with E-state index >= 15 is 0 Å². The number of carboxylic acid groups (broad SMARTS) is 1. The van der Waals surface area contributed by atoms with Crippen LogP contribution in [0.1, 0.15) is 43.2 Å². The SMILES string of the molecule is COC1CC(CC(=O)O)N(C(=O)CC(C)c2ccc(C(F)(F)F)cc2)C1. The zero-order valence-electron chi connectivity index (χ0n) is 14.6. The van der Waals surface area contributed by atoms with E-state index < -0.39 is 23.8 Å². The number of aliphatic carboxylic acids is 1. The van der Waals surface area contributed by atoms with Crippen LogP contribution in [0.25, 0.3) is 0 Å². The summed E-state index contributed by atoms with van der Waals surface area (Å²) >= 11 is 0. The van der Waals surface area contributed by atoms with E-state index in [0.29, 0.717) is 18.5 Å². The molecule has 1 aromatic carbocycles. The van der Waals surface area contributed by atoms with Crippen molar-refractivity contribution in [3.63, 3.8) is 0 Å². The van der Waals surface area contributed by atoms with Crippen LogP contribution >= 0.6 is 0 Å². The fourth-order valence-corrected chi connectivity index (χ4v) is 3.24. The van der Waals surface area contributed by atoms with E-state index in [1.807, 2.05) is 0 Å². The van der Waals surface area contributed by atoms with Gasteiger partial charge in [0.15, 0.2) is 0 Å². The fraction of sp³-hybridized carbons (Fsp3) is 0.556. The Hall–Kier alpha value is -2.09. The number of methoxy groups -OCH3 is 1. The molecule has 144 valence electrons. The average molecular weight is 373 g/mol. The van der Waals surface area contributed by atoms with Crippen molar-refractivity contribution in [3.8, 4) is 0 Å². The first-order valence-corrected chi connectivity index (χ1v) is 8.33. The number of amides is 1. The number of carbonyl (C=O) groups excluding carboxylic acids is 1. The number of alkyl halides is 3. The molecule has 1 N–H and O–H groups in total. The van der Waals surface area contributed by atoms with E-state index in [1.165, 1.54) is 24.1 Å². The Morgan fingerprint density at radius 2 is 1.92 bits per heavy atom. The highest BCUT2D eigenvalue weighted by Gasteiger charge is 2.37. The molecule has 0 bridgehead atoms. The summed E-state index contributed by atoms with van der Waals surface area (Å²) in [5.41, 5.74) is -0.104. The van der Waals surface area contributed by atoms with Crippen molar-refractivity contribution >= 4 is 11.9 Å². The monoisotopic (exact) mass is 373 g/mol. The summed E-state index contributed by atoms with van der Waals surface area (Å²) in [6.07, 6.45) is -4.20. The summed E-state index contributed by atoms with van der Waals surface area (Å²) in [5.74, 6) is -1.49. The van der Waals surface area contributed by atoms with E-state index in [0.717, 1.165) is 12.1 Å². The minimum Gasteiger partial charge on any atom is -0.481 e. The fourth-order valence-electron chi connectivity index (χ4n) is 3.24. The lowest BCUT2D eigenvalue weighted by Crippen LogP contribution is -2.37. The molecule has 8 heteroatoms. The molecule has 0 aliphatic carbocycles. The zero-order valence-corrected chi connectivity index (χ0v) is 14.6. The Labute approximate surface area is 149 Å². The Morgan fingerprint density at radius 1 is 1.31 bits per heavy atom. The summed E-state index contributed by atoms with van der Waals surface area (Å²) < 4.78 is 43.1. The van der Waals surface area contributed by atoms with Gasteiger partial charge in [0.05, 0.1) is 18.1 Å². The molecule has 1 aliphatic heterocycles. The van der Waals surface area contributed by atoms with Gasteiger partial charge in [-0.05, 0) is 30.0 Å². The molecule has 1 aromatic rings. The van der Waals surface area contributed by atoms with Crippen LogP contribution in [0, 0.1) is 0 Å². The molecule has 0 radical (unpaired) electrons. The number of halogens is 3. The van der Waals surface area contributed by atoms with Crippen molar-refractivity contribution < 1.29 is 32.6 Å². The zero-order chi connectivity index (χ0) is 19.5. The van der Waals surface area contributed by atoms with E-state index in [9.17, 15) is 22.8 Å². The number of hydrogen-bond acceptors (Lipinski definition) is 3. The molecule has 0 saturated carbocycles. The van der Waals surface area contributed by atoms with Crippen molar-refractivity contribution in [3.05, 3.63) is 35.4 Å². The molecular weight excluding hydrogens is 351 g/mol. The van der Waals surface area contributed by atoms with E-state index in [2.05, 4.69) is 0 Å². The lowest BCUT2D eigenvalue weighted by atomic mass is 9.96. The largest absolute Gasteiger partial charge is 0.481 e. The third-order valence-corrected chi connectivity index (χ3v) is 4.73. The predicted molar refractivity (Wildman–Crippen MR) is 87.6 cm³/mol. The molecule has 3 unspecified atom stereocenters. The maximum atomic E-state index is 12.6. The summed E-state index contributed by atoms with van der Waals surface area (Å²) in [6.45, 7) is 2.09. The highest BCUT2D eigenvalue weighted by molar-refractivity contribution is 5.79. The maximum Gasteiger partial charge on any atom is 0.416 e. The average Bonchev–Trinajstić information content (AvgIpc) is 2.96. The van der Waals surface area contributed by atoms with Gasteiger partial charge in [0.25, 0.3) is 0 Å². The van der Waals surface area contributed by atoms with Gasteiger partial charge in [0.1, 0.15) is 0 Å². The topological polar surface area (TPSA) is 66.8 Å². The lowest BCUT2D eigenvalue weighted by molar-refractivity contribution is -0.140. The van der Waals surface area contributed by atoms with Gasteiger partial charge in [-0.2, -0.15) is 13.2 Å². The minimum absolute atomic E-state index is 0.0952. The van der Waals surface area contributed by atoms with E-state index in [4.69, 9.17) is 9.84 Å². The third-order valence-electron chi connectivity index (χ3n) is 4.73. The Morgan fingerprint density at radius 3 is 2.42 bits per heavy atom.